The van der Waals surface area contributed by atoms with Gasteiger partial charge >= 0.3 is 0 Å². The molecule has 1 aliphatic carbocycles. The van der Waals surface area contributed by atoms with Crippen LogP contribution in [0.1, 0.15) is 51.0 Å². The zero-order valence-corrected chi connectivity index (χ0v) is 12.2. The van der Waals surface area contributed by atoms with E-state index < -0.39 is 0 Å². The predicted molar refractivity (Wildman–Crippen MR) is 78.3 cm³/mol. The Morgan fingerprint density at radius 2 is 2.16 bits per heavy atom. The quantitative estimate of drug-likeness (QED) is 0.851. The summed E-state index contributed by atoms with van der Waals surface area (Å²) in [5.74, 6) is 1.59. The van der Waals surface area contributed by atoms with Gasteiger partial charge in [-0.2, -0.15) is 0 Å². The molecule has 0 saturated heterocycles. The van der Waals surface area contributed by atoms with Crippen molar-refractivity contribution in [1.82, 2.24) is 10.3 Å². The van der Waals surface area contributed by atoms with Crippen LogP contribution in [-0.2, 0) is 6.54 Å². The fraction of sp³-hybridized carbons (Fsp3) is 0.688. The van der Waals surface area contributed by atoms with Crippen LogP contribution in [-0.4, -0.2) is 18.1 Å². The van der Waals surface area contributed by atoms with Gasteiger partial charge in [-0.25, -0.2) is 4.98 Å². The molecular formula is C16H26N2O. The van der Waals surface area contributed by atoms with Crippen LogP contribution in [0, 0.1) is 5.92 Å². The molecule has 1 heterocycles. The predicted octanol–water partition coefficient (Wildman–Crippen LogP) is 3.54. The second-order valence-corrected chi connectivity index (χ2v) is 5.47. The first-order chi connectivity index (χ1) is 9.35. The highest BCUT2D eigenvalue weighted by Gasteiger charge is 2.22. The van der Waals surface area contributed by atoms with Gasteiger partial charge in [0.2, 0.25) is 5.88 Å². The van der Waals surface area contributed by atoms with Crippen LogP contribution >= 0.6 is 0 Å². The maximum absolute atomic E-state index is 5.31. The van der Waals surface area contributed by atoms with Gasteiger partial charge in [0.25, 0.3) is 0 Å². The van der Waals surface area contributed by atoms with Gasteiger partial charge < -0.3 is 10.1 Å². The van der Waals surface area contributed by atoms with E-state index in [2.05, 4.69) is 23.3 Å². The SMILES string of the molecule is CCC(NCc1cccnc1OC)C1CCCCC1. The van der Waals surface area contributed by atoms with Crippen LogP contribution in [0.5, 0.6) is 5.88 Å². The first kappa shape index (κ1) is 14.3. The zero-order valence-electron chi connectivity index (χ0n) is 12.2. The molecule has 0 amide bonds. The summed E-state index contributed by atoms with van der Waals surface area (Å²) in [4.78, 5) is 4.25. The first-order valence-corrected chi connectivity index (χ1v) is 7.56. The average Bonchev–Trinajstić information content (AvgIpc) is 2.49. The maximum Gasteiger partial charge on any atom is 0.217 e. The molecule has 1 aromatic heterocycles. The molecule has 0 spiro atoms. The minimum absolute atomic E-state index is 0.630. The summed E-state index contributed by atoms with van der Waals surface area (Å²) < 4.78 is 5.31. The Hall–Kier alpha value is -1.09. The van der Waals surface area contributed by atoms with Gasteiger partial charge in [-0.15, -0.1) is 0 Å². The molecule has 1 saturated carbocycles. The Labute approximate surface area is 116 Å². The number of pyridine rings is 1. The molecule has 3 nitrogen and oxygen atoms in total. The largest absolute Gasteiger partial charge is 0.481 e. The summed E-state index contributed by atoms with van der Waals surface area (Å²) in [7, 11) is 1.68. The smallest absolute Gasteiger partial charge is 0.217 e. The molecule has 1 unspecified atom stereocenters. The number of methoxy groups -OCH3 is 1. The monoisotopic (exact) mass is 262 g/mol. The molecular weight excluding hydrogens is 236 g/mol. The van der Waals surface area contributed by atoms with Gasteiger partial charge in [0.1, 0.15) is 0 Å². The summed E-state index contributed by atoms with van der Waals surface area (Å²) in [6.07, 6.45) is 9.97. The molecule has 3 heteroatoms. The van der Waals surface area contributed by atoms with Crippen molar-refractivity contribution in [3.63, 3.8) is 0 Å². The van der Waals surface area contributed by atoms with Crippen molar-refractivity contribution in [2.45, 2.75) is 58.0 Å². The Morgan fingerprint density at radius 1 is 1.37 bits per heavy atom. The van der Waals surface area contributed by atoms with Crippen molar-refractivity contribution in [3.05, 3.63) is 23.9 Å². The topological polar surface area (TPSA) is 34.2 Å². The second kappa shape index (κ2) is 7.49. The fourth-order valence-corrected chi connectivity index (χ4v) is 3.16. The number of nitrogens with zero attached hydrogens (tertiary/aromatic N) is 1. The van der Waals surface area contributed by atoms with Gasteiger partial charge in [0.05, 0.1) is 7.11 Å². The van der Waals surface area contributed by atoms with E-state index >= 15 is 0 Å². The van der Waals surface area contributed by atoms with E-state index in [4.69, 9.17) is 4.74 Å². The van der Waals surface area contributed by atoms with Gasteiger partial charge in [-0.1, -0.05) is 32.3 Å². The van der Waals surface area contributed by atoms with Gasteiger partial charge in [0.15, 0.2) is 0 Å². The van der Waals surface area contributed by atoms with Crippen LogP contribution in [0.4, 0.5) is 0 Å². The zero-order chi connectivity index (χ0) is 13.5. The number of rotatable bonds is 6. The molecule has 19 heavy (non-hydrogen) atoms. The Morgan fingerprint density at radius 3 is 2.84 bits per heavy atom. The van der Waals surface area contributed by atoms with Crippen LogP contribution in [0.15, 0.2) is 18.3 Å². The van der Waals surface area contributed by atoms with E-state index in [0.717, 1.165) is 23.9 Å². The maximum atomic E-state index is 5.31. The fourth-order valence-electron chi connectivity index (χ4n) is 3.16. The molecule has 1 N–H and O–H groups in total. The van der Waals surface area contributed by atoms with Crippen molar-refractivity contribution < 1.29 is 4.74 Å². The highest BCUT2D eigenvalue weighted by atomic mass is 16.5. The highest BCUT2D eigenvalue weighted by molar-refractivity contribution is 5.25. The number of hydrogen-bond donors (Lipinski definition) is 1. The van der Waals surface area contributed by atoms with E-state index in [1.165, 1.54) is 38.5 Å². The molecule has 0 aromatic carbocycles. The van der Waals surface area contributed by atoms with E-state index in [9.17, 15) is 0 Å². The molecule has 1 fully saturated rings. The number of aromatic nitrogens is 1. The third-order valence-electron chi connectivity index (χ3n) is 4.26. The van der Waals surface area contributed by atoms with Crippen LogP contribution in [0.3, 0.4) is 0 Å². The molecule has 1 aliphatic rings. The third kappa shape index (κ3) is 3.93. The summed E-state index contributed by atoms with van der Waals surface area (Å²) in [6, 6.07) is 4.69. The number of ether oxygens (including phenoxy) is 1. The summed E-state index contributed by atoms with van der Waals surface area (Å²) in [5, 5.41) is 3.71. The minimum atomic E-state index is 0.630. The van der Waals surface area contributed by atoms with Crippen molar-refractivity contribution in [2.75, 3.05) is 7.11 Å². The number of hydrogen-bond acceptors (Lipinski definition) is 3. The van der Waals surface area contributed by atoms with E-state index in [1.807, 2.05) is 6.07 Å². The minimum Gasteiger partial charge on any atom is -0.481 e. The first-order valence-electron chi connectivity index (χ1n) is 7.56. The molecule has 106 valence electrons. The third-order valence-corrected chi connectivity index (χ3v) is 4.26. The van der Waals surface area contributed by atoms with Crippen molar-refractivity contribution in [2.24, 2.45) is 5.92 Å². The van der Waals surface area contributed by atoms with Crippen molar-refractivity contribution >= 4 is 0 Å². The summed E-state index contributed by atoms with van der Waals surface area (Å²) in [5.41, 5.74) is 1.15. The number of nitrogens with one attached hydrogen (secondary N) is 1. The van der Waals surface area contributed by atoms with Gasteiger partial charge in [-0.3, -0.25) is 0 Å². The van der Waals surface area contributed by atoms with Crippen molar-refractivity contribution in [1.29, 1.82) is 0 Å². The van der Waals surface area contributed by atoms with Crippen molar-refractivity contribution in [3.8, 4) is 5.88 Å². The molecule has 0 bridgehead atoms. The molecule has 1 atom stereocenters. The Bertz CT molecular complexity index is 375. The second-order valence-electron chi connectivity index (χ2n) is 5.47. The standard InChI is InChI=1S/C16H26N2O/c1-3-15(13-8-5-4-6-9-13)18-12-14-10-7-11-17-16(14)19-2/h7,10-11,13,15,18H,3-6,8-9,12H2,1-2H3. The highest BCUT2D eigenvalue weighted by Crippen LogP contribution is 2.28. The summed E-state index contributed by atoms with van der Waals surface area (Å²) in [6.45, 7) is 3.14. The lowest BCUT2D eigenvalue weighted by atomic mass is 9.83. The lowest BCUT2D eigenvalue weighted by Crippen LogP contribution is -2.36. The lowest BCUT2D eigenvalue weighted by Gasteiger charge is -2.30. The summed E-state index contributed by atoms with van der Waals surface area (Å²) >= 11 is 0. The van der Waals surface area contributed by atoms with Crippen LogP contribution in [0.25, 0.3) is 0 Å². The molecule has 2 rings (SSSR count). The van der Waals surface area contributed by atoms with E-state index in [1.54, 1.807) is 13.3 Å². The normalized spacial score (nSPS) is 18.2. The van der Waals surface area contributed by atoms with E-state index in [-0.39, 0.29) is 0 Å². The average molecular weight is 262 g/mol. The van der Waals surface area contributed by atoms with Crippen LogP contribution in [0.2, 0.25) is 0 Å². The Balaban J connectivity index is 1.91. The molecule has 0 aliphatic heterocycles. The van der Waals surface area contributed by atoms with Crippen LogP contribution < -0.4 is 10.1 Å². The van der Waals surface area contributed by atoms with E-state index in [0.29, 0.717) is 6.04 Å². The molecule has 1 aromatic rings. The van der Waals surface area contributed by atoms with Gasteiger partial charge in [-0.05, 0) is 31.2 Å². The Kier molecular flexibility index (Phi) is 5.64. The lowest BCUT2D eigenvalue weighted by molar-refractivity contribution is 0.260. The molecule has 0 radical (unpaired) electrons. The van der Waals surface area contributed by atoms with Gasteiger partial charge in [0, 0.05) is 24.3 Å².